The van der Waals surface area contributed by atoms with Gasteiger partial charge >= 0.3 is 5.97 Å². The van der Waals surface area contributed by atoms with E-state index in [0.717, 1.165) is 16.9 Å². The summed E-state index contributed by atoms with van der Waals surface area (Å²) in [5.74, 6) is -1.19. The molecule has 0 atom stereocenters. The zero-order valence-electron chi connectivity index (χ0n) is 11.2. The van der Waals surface area contributed by atoms with Gasteiger partial charge in [0.25, 0.3) is 0 Å². The quantitative estimate of drug-likeness (QED) is 0.757. The van der Waals surface area contributed by atoms with Crippen molar-refractivity contribution in [1.82, 2.24) is 0 Å². The van der Waals surface area contributed by atoms with Crippen LogP contribution in [0.15, 0.2) is 36.4 Å². The molecule has 2 aromatic rings. The number of rotatable bonds is 4. The highest BCUT2D eigenvalue weighted by molar-refractivity contribution is 7.18. The van der Waals surface area contributed by atoms with E-state index in [4.69, 9.17) is 10.2 Å². The summed E-state index contributed by atoms with van der Waals surface area (Å²) in [6.07, 6.45) is 2.95. The van der Waals surface area contributed by atoms with Gasteiger partial charge in [0.1, 0.15) is 10.6 Å². The number of aryl methyl sites for hydroxylation is 1. The van der Waals surface area contributed by atoms with Gasteiger partial charge in [0.2, 0.25) is 5.91 Å². The number of nitrogens with one attached hydrogen (secondary N) is 1. The van der Waals surface area contributed by atoms with Crippen LogP contribution in [0.5, 0.6) is 5.75 Å². The van der Waals surface area contributed by atoms with Crippen LogP contribution in [0.2, 0.25) is 0 Å². The second-order valence-electron chi connectivity index (χ2n) is 4.34. The molecule has 108 valence electrons. The van der Waals surface area contributed by atoms with Crippen LogP contribution < -0.4 is 5.32 Å². The summed E-state index contributed by atoms with van der Waals surface area (Å²) in [5.41, 5.74) is 1.39. The Kier molecular flexibility index (Phi) is 4.39. The smallest absolute Gasteiger partial charge is 0.346 e. The van der Waals surface area contributed by atoms with Gasteiger partial charge in [-0.25, -0.2) is 4.79 Å². The van der Waals surface area contributed by atoms with Crippen LogP contribution in [0.4, 0.5) is 5.00 Å². The molecule has 2 rings (SSSR count). The van der Waals surface area contributed by atoms with Crippen LogP contribution in [0.1, 0.15) is 20.8 Å². The number of hydrogen-bond donors (Lipinski definition) is 3. The zero-order chi connectivity index (χ0) is 15.4. The molecule has 0 saturated heterocycles. The van der Waals surface area contributed by atoms with Crippen LogP contribution >= 0.6 is 11.3 Å². The number of carboxylic acid groups (broad SMARTS) is 1. The first-order chi connectivity index (χ1) is 9.95. The summed E-state index contributed by atoms with van der Waals surface area (Å²) in [5, 5.41) is 21.2. The van der Waals surface area contributed by atoms with Crippen molar-refractivity contribution in [1.29, 1.82) is 0 Å². The van der Waals surface area contributed by atoms with Gasteiger partial charge in [0.05, 0.1) is 5.00 Å². The summed E-state index contributed by atoms with van der Waals surface area (Å²) in [6, 6.07) is 8.03. The molecule has 0 saturated carbocycles. The van der Waals surface area contributed by atoms with Crippen molar-refractivity contribution in [2.45, 2.75) is 6.92 Å². The number of anilines is 1. The summed E-state index contributed by atoms with van der Waals surface area (Å²) in [7, 11) is 0. The third-order valence-electron chi connectivity index (χ3n) is 2.68. The number of thiophene rings is 1. The lowest BCUT2D eigenvalue weighted by molar-refractivity contribution is -0.111. The van der Waals surface area contributed by atoms with Gasteiger partial charge < -0.3 is 15.5 Å². The van der Waals surface area contributed by atoms with E-state index in [1.807, 2.05) is 0 Å². The van der Waals surface area contributed by atoms with Crippen LogP contribution in [-0.2, 0) is 4.79 Å². The van der Waals surface area contributed by atoms with Crippen LogP contribution in [0, 0.1) is 6.92 Å². The van der Waals surface area contributed by atoms with E-state index in [2.05, 4.69) is 5.32 Å². The molecule has 0 unspecified atom stereocenters. The number of amides is 1. The first-order valence-corrected chi connectivity index (χ1v) is 6.89. The SMILES string of the molecule is Cc1cc(NC(=O)/C=C/c2ccc(O)cc2)sc1C(=O)O. The Morgan fingerprint density at radius 1 is 1.24 bits per heavy atom. The van der Waals surface area contributed by atoms with E-state index in [9.17, 15) is 9.59 Å². The lowest BCUT2D eigenvalue weighted by Gasteiger charge is -1.97. The number of carbonyl (C=O) groups is 2. The van der Waals surface area contributed by atoms with Crippen molar-refractivity contribution in [3.8, 4) is 5.75 Å². The minimum Gasteiger partial charge on any atom is -0.508 e. The number of phenolic OH excluding ortho intramolecular Hbond substituents is 1. The van der Waals surface area contributed by atoms with Gasteiger partial charge in [-0.1, -0.05) is 12.1 Å². The monoisotopic (exact) mass is 303 g/mol. The number of phenols is 1. The minimum atomic E-state index is -1.00. The molecule has 1 heterocycles. The van der Waals surface area contributed by atoms with Crippen molar-refractivity contribution in [2.24, 2.45) is 0 Å². The lowest BCUT2D eigenvalue weighted by Crippen LogP contribution is -2.06. The number of benzene rings is 1. The molecule has 0 radical (unpaired) electrons. The largest absolute Gasteiger partial charge is 0.508 e. The van der Waals surface area contributed by atoms with Gasteiger partial charge in [0.15, 0.2) is 0 Å². The molecule has 0 bridgehead atoms. The highest BCUT2D eigenvalue weighted by Gasteiger charge is 2.12. The second-order valence-corrected chi connectivity index (χ2v) is 5.39. The topological polar surface area (TPSA) is 86.6 Å². The summed E-state index contributed by atoms with van der Waals surface area (Å²) in [4.78, 5) is 22.9. The third kappa shape index (κ3) is 3.93. The van der Waals surface area contributed by atoms with E-state index in [1.165, 1.54) is 18.2 Å². The molecule has 21 heavy (non-hydrogen) atoms. The highest BCUT2D eigenvalue weighted by Crippen LogP contribution is 2.26. The zero-order valence-corrected chi connectivity index (χ0v) is 12.0. The van der Waals surface area contributed by atoms with E-state index in [-0.39, 0.29) is 16.5 Å². The van der Waals surface area contributed by atoms with Gasteiger partial charge in [-0.05, 0) is 42.3 Å². The molecular formula is C15H13NO4S. The van der Waals surface area contributed by atoms with Gasteiger partial charge in [-0.15, -0.1) is 11.3 Å². The summed E-state index contributed by atoms with van der Waals surface area (Å²) < 4.78 is 0. The normalized spacial score (nSPS) is 10.7. The Bertz CT molecular complexity index is 701. The molecule has 6 heteroatoms. The van der Waals surface area contributed by atoms with Crippen LogP contribution in [-0.4, -0.2) is 22.1 Å². The predicted octanol–water partition coefficient (Wildman–Crippen LogP) is 3.11. The second kappa shape index (κ2) is 6.23. The molecule has 0 aliphatic carbocycles. The molecule has 3 N–H and O–H groups in total. The Morgan fingerprint density at radius 3 is 2.48 bits per heavy atom. The molecule has 1 aromatic carbocycles. The average Bonchev–Trinajstić information content (AvgIpc) is 2.79. The molecule has 0 fully saturated rings. The number of aromatic carboxylic acids is 1. The summed E-state index contributed by atoms with van der Waals surface area (Å²) in [6.45, 7) is 1.68. The van der Waals surface area contributed by atoms with Crippen LogP contribution in [0.3, 0.4) is 0 Å². The number of hydrogen-bond acceptors (Lipinski definition) is 4. The number of aromatic hydroxyl groups is 1. The first kappa shape index (κ1) is 14.8. The fourth-order valence-corrected chi connectivity index (χ4v) is 2.59. The van der Waals surface area contributed by atoms with Crippen molar-refractivity contribution in [2.75, 3.05) is 5.32 Å². The molecule has 0 aliphatic rings. The van der Waals surface area contributed by atoms with Crippen molar-refractivity contribution < 1.29 is 19.8 Å². The maximum Gasteiger partial charge on any atom is 0.346 e. The maximum absolute atomic E-state index is 11.8. The predicted molar refractivity (Wildman–Crippen MR) is 81.8 cm³/mol. The first-order valence-electron chi connectivity index (χ1n) is 6.07. The fourth-order valence-electron chi connectivity index (χ4n) is 1.68. The van der Waals surface area contributed by atoms with E-state index < -0.39 is 5.97 Å². The Balaban J connectivity index is 2.03. The van der Waals surface area contributed by atoms with Gasteiger partial charge in [0, 0.05) is 6.08 Å². The Labute approximate surface area is 125 Å². The van der Waals surface area contributed by atoms with E-state index >= 15 is 0 Å². The molecular weight excluding hydrogens is 290 g/mol. The minimum absolute atomic E-state index is 0.159. The van der Waals surface area contributed by atoms with Crippen molar-refractivity contribution in [3.05, 3.63) is 52.4 Å². The number of carboxylic acids is 1. The molecule has 0 aliphatic heterocycles. The fraction of sp³-hybridized carbons (Fsp3) is 0.0667. The van der Waals surface area contributed by atoms with Crippen molar-refractivity contribution >= 4 is 34.3 Å². The van der Waals surface area contributed by atoms with E-state index in [1.54, 1.807) is 31.2 Å². The van der Waals surface area contributed by atoms with Crippen molar-refractivity contribution in [3.63, 3.8) is 0 Å². The molecule has 1 amide bonds. The Hall–Kier alpha value is -2.60. The summed E-state index contributed by atoms with van der Waals surface area (Å²) >= 11 is 1.02. The maximum atomic E-state index is 11.8. The molecule has 5 nitrogen and oxygen atoms in total. The lowest BCUT2D eigenvalue weighted by atomic mass is 10.2. The standard InChI is InChI=1S/C15H13NO4S/c1-9-8-13(21-14(9)15(19)20)16-12(18)7-4-10-2-5-11(17)6-3-10/h2-8,17H,1H3,(H,16,18)(H,19,20)/b7-4+. The number of carbonyl (C=O) groups excluding carboxylic acids is 1. The van der Waals surface area contributed by atoms with E-state index in [0.29, 0.717) is 10.6 Å². The van der Waals surface area contributed by atoms with Gasteiger partial charge in [-0.3, -0.25) is 4.79 Å². The Morgan fingerprint density at radius 2 is 1.90 bits per heavy atom. The van der Waals surface area contributed by atoms with Crippen LogP contribution in [0.25, 0.3) is 6.08 Å². The molecule has 0 spiro atoms. The third-order valence-corrected chi connectivity index (χ3v) is 3.82. The average molecular weight is 303 g/mol. The van der Waals surface area contributed by atoms with Gasteiger partial charge in [-0.2, -0.15) is 0 Å². The highest BCUT2D eigenvalue weighted by atomic mass is 32.1. The molecule has 1 aromatic heterocycles.